The molecular weight excluding hydrogens is 328 g/mol. The number of hydrogen-bond donors (Lipinski definition) is 2. The number of primary amides is 1. The first-order chi connectivity index (χ1) is 12.1. The Labute approximate surface area is 151 Å². The summed E-state index contributed by atoms with van der Waals surface area (Å²) in [6.45, 7) is 0. The van der Waals surface area contributed by atoms with Crippen LogP contribution in [0.25, 0.3) is 0 Å². The molecule has 0 fully saturated rings. The fraction of sp³-hybridized carbons (Fsp3) is 0.190. The van der Waals surface area contributed by atoms with Crippen molar-refractivity contribution in [2.75, 3.05) is 5.73 Å². The van der Waals surface area contributed by atoms with E-state index in [1.807, 2.05) is 12.1 Å². The molecule has 0 spiro atoms. The van der Waals surface area contributed by atoms with Gasteiger partial charge in [-0.15, -0.1) is 11.3 Å². The van der Waals surface area contributed by atoms with Crippen LogP contribution in [0.5, 0.6) is 0 Å². The predicted octanol–water partition coefficient (Wildman–Crippen LogP) is 3.90. The maximum absolute atomic E-state index is 11.8. The van der Waals surface area contributed by atoms with Crippen LogP contribution >= 0.6 is 11.3 Å². The van der Waals surface area contributed by atoms with Gasteiger partial charge in [0.1, 0.15) is 0 Å². The highest BCUT2D eigenvalue weighted by Gasteiger charge is 2.40. The number of carbonyl (C=O) groups excluding carboxylic acids is 1. The molecule has 126 valence electrons. The molecule has 1 amide bonds. The third-order valence-electron chi connectivity index (χ3n) is 5.28. The Balaban J connectivity index is 1.88. The summed E-state index contributed by atoms with van der Waals surface area (Å²) in [5, 5.41) is 0.550. The molecule has 3 aromatic rings. The van der Waals surface area contributed by atoms with E-state index in [4.69, 9.17) is 11.5 Å². The van der Waals surface area contributed by atoms with Gasteiger partial charge < -0.3 is 11.5 Å². The van der Waals surface area contributed by atoms with Gasteiger partial charge >= 0.3 is 0 Å². The van der Waals surface area contributed by atoms with Gasteiger partial charge in [-0.25, -0.2) is 0 Å². The lowest BCUT2D eigenvalue weighted by Gasteiger charge is -2.38. The molecule has 0 saturated carbocycles. The zero-order valence-electron chi connectivity index (χ0n) is 13.9. The minimum absolute atomic E-state index is 0.0955. The summed E-state index contributed by atoms with van der Waals surface area (Å²) in [6.07, 6.45) is 2.59. The molecule has 4 heteroatoms. The molecule has 0 saturated heterocycles. The first-order valence-corrected chi connectivity index (χ1v) is 9.24. The summed E-state index contributed by atoms with van der Waals surface area (Å²) in [5.74, 6) is -0.415. The molecule has 0 radical (unpaired) electrons. The zero-order chi connectivity index (χ0) is 17.4. The van der Waals surface area contributed by atoms with Crippen molar-refractivity contribution in [2.24, 2.45) is 5.73 Å². The molecule has 1 aliphatic carbocycles. The maximum atomic E-state index is 11.8. The first kappa shape index (κ1) is 15.9. The van der Waals surface area contributed by atoms with E-state index in [9.17, 15) is 4.79 Å². The number of fused-ring (bicyclic) bond motifs is 1. The molecule has 0 bridgehead atoms. The summed E-state index contributed by atoms with van der Waals surface area (Å²) < 4.78 is 0. The van der Waals surface area contributed by atoms with Gasteiger partial charge in [0.25, 0.3) is 5.91 Å². The van der Waals surface area contributed by atoms with Gasteiger partial charge in [-0.05, 0) is 36.0 Å². The quantitative estimate of drug-likeness (QED) is 0.753. The zero-order valence-corrected chi connectivity index (χ0v) is 14.7. The molecular formula is C21H20N2OS. The second-order valence-corrected chi connectivity index (χ2v) is 7.73. The van der Waals surface area contributed by atoms with Crippen LogP contribution < -0.4 is 11.5 Å². The summed E-state index contributed by atoms with van der Waals surface area (Å²) in [5.41, 5.74) is 15.8. The van der Waals surface area contributed by atoms with Crippen LogP contribution in [0.4, 0.5) is 5.00 Å². The van der Waals surface area contributed by atoms with Crippen molar-refractivity contribution < 1.29 is 4.79 Å². The van der Waals surface area contributed by atoms with Gasteiger partial charge in [0.05, 0.1) is 10.6 Å². The van der Waals surface area contributed by atoms with Gasteiger partial charge in [0.15, 0.2) is 0 Å². The summed E-state index contributed by atoms with van der Waals surface area (Å²) in [7, 11) is 0. The van der Waals surface area contributed by atoms with Gasteiger partial charge in [-0.1, -0.05) is 60.7 Å². The molecule has 2 aromatic carbocycles. The van der Waals surface area contributed by atoms with Crippen LogP contribution in [0.1, 0.15) is 38.3 Å². The highest BCUT2D eigenvalue weighted by Crippen LogP contribution is 2.47. The summed E-state index contributed by atoms with van der Waals surface area (Å²) >= 11 is 1.51. The number of nitrogen functional groups attached to an aromatic ring is 1. The normalized spacial score (nSPS) is 15.5. The fourth-order valence-corrected chi connectivity index (χ4v) is 5.32. The van der Waals surface area contributed by atoms with Crippen molar-refractivity contribution >= 4 is 22.2 Å². The Kier molecular flexibility index (Phi) is 3.85. The number of hydrogen-bond acceptors (Lipinski definition) is 3. The average molecular weight is 348 g/mol. The molecule has 1 heterocycles. The maximum Gasteiger partial charge on any atom is 0.251 e. The standard InChI is InChI=1S/C21H20N2OS/c22-19(24)18-16-11-12-21(13-17(16)25-20(18)23,14-7-3-1-4-8-14)15-9-5-2-6-10-15/h1-10H,11-13,23H2,(H2,22,24). The van der Waals surface area contributed by atoms with Gasteiger partial charge in [0.2, 0.25) is 0 Å². The monoisotopic (exact) mass is 348 g/mol. The average Bonchev–Trinajstić information content (AvgIpc) is 2.97. The predicted molar refractivity (Wildman–Crippen MR) is 103 cm³/mol. The largest absolute Gasteiger partial charge is 0.390 e. The van der Waals surface area contributed by atoms with Crippen LogP contribution in [-0.4, -0.2) is 5.91 Å². The Morgan fingerprint density at radius 1 is 0.960 bits per heavy atom. The number of benzene rings is 2. The smallest absolute Gasteiger partial charge is 0.251 e. The van der Waals surface area contributed by atoms with Crippen molar-refractivity contribution in [1.29, 1.82) is 0 Å². The van der Waals surface area contributed by atoms with E-state index >= 15 is 0 Å². The number of nitrogens with two attached hydrogens (primary N) is 2. The summed E-state index contributed by atoms with van der Waals surface area (Å²) in [6, 6.07) is 21.2. The first-order valence-electron chi connectivity index (χ1n) is 8.43. The molecule has 1 aromatic heterocycles. The van der Waals surface area contributed by atoms with Crippen LogP contribution in [0.15, 0.2) is 60.7 Å². The number of anilines is 1. The number of amides is 1. The lowest BCUT2D eigenvalue weighted by molar-refractivity contribution is 0.1000. The number of carbonyl (C=O) groups is 1. The van der Waals surface area contributed by atoms with Gasteiger partial charge in [-0.2, -0.15) is 0 Å². The highest BCUT2D eigenvalue weighted by atomic mass is 32.1. The second kappa shape index (κ2) is 6.05. The Morgan fingerprint density at radius 2 is 1.52 bits per heavy atom. The number of rotatable bonds is 3. The van der Waals surface area contributed by atoms with Crippen molar-refractivity contribution in [3.05, 3.63) is 87.8 Å². The molecule has 0 aliphatic heterocycles. The third-order valence-corrected chi connectivity index (χ3v) is 6.34. The molecule has 25 heavy (non-hydrogen) atoms. The SMILES string of the molecule is NC(=O)c1c(N)sc2c1CCC(c1ccccc1)(c1ccccc1)C2. The highest BCUT2D eigenvalue weighted by molar-refractivity contribution is 7.16. The van der Waals surface area contributed by atoms with E-state index < -0.39 is 5.91 Å². The Bertz CT molecular complexity index is 876. The van der Waals surface area contributed by atoms with E-state index in [1.54, 1.807) is 0 Å². The Morgan fingerprint density at radius 3 is 2.04 bits per heavy atom. The molecule has 4 rings (SSSR count). The van der Waals surface area contributed by atoms with Crippen molar-refractivity contribution in [1.82, 2.24) is 0 Å². The van der Waals surface area contributed by atoms with Gasteiger partial charge in [0, 0.05) is 10.3 Å². The lowest BCUT2D eigenvalue weighted by atomic mass is 9.65. The minimum Gasteiger partial charge on any atom is -0.390 e. The van der Waals surface area contributed by atoms with Crippen LogP contribution in [0.3, 0.4) is 0 Å². The van der Waals surface area contributed by atoms with E-state index in [2.05, 4.69) is 48.5 Å². The van der Waals surface area contributed by atoms with Gasteiger partial charge in [-0.3, -0.25) is 4.79 Å². The summed E-state index contributed by atoms with van der Waals surface area (Å²) in [4.78, 5) is 13.0. The molecule has 0 atom stereocenters. The van der Waals surface area contributed by atoms with Crippen LogP contribution in [0.2, 0.25) is 0 Å². The topological polar surface area (TPSA) is 69.1 Å². The third kappa shape index (κ3) is 2.53. The van der Waals surface area contributed by atoms with E-state index in [1.165, 1.54) is 27.3 Å². The fourth-order valence-electron chi connectivity index (χ4n) is 4.09. The van der Waals surface area contributed by atoms with Crippen molar-refractivity contribution in [3.8, 4) is 0 Å². The van der Waals surface area contributed by atoms with E-state index in [-0.39, 0.29) is 5.41 Å². The molecule has 4 N–H and O–H groups in total. The van der Waals surface area contributed by atoms with Crippen molar-refractivity contribution in [3.63, 3.8) is 0 Å². The Hall–Kier alpha value is -2.59. The van der Waals surface area contributed by atoms with E-state index in [0.717, 1.165) is 24.8 Å². The molecule has 3 nitrogen and oxygen atoms in total. The minimum atomic E-state index is -0.415. The molecule has 0 unspecified atom stereocenters. The van der Waals surface area contributed by atoms with Crippen LogP contribution in [-0.2, 0) is 18.3 Å². The van der Waals surface area contributed by atoms with Crippen LogP contribution in [0, 0.1) is 0 Å². The lowest BCUT2D eigenvalue weighted by Crippen LogP contribution is -2.34. The van der Waals surface area contributed by atoms with E-state index in [0.29, 0.717) is 10.6 Å². The number of thiophene rings is 1. The van der Waals surface area contributed by atoms with Crippen molar-refractivity contribution in [2.45, 2.75) is 24.7 Å². The molecule has 1 aliphatic rings. The second-order valence-electron chi connectivity index (χ2n) is 6.60.